The lowest BCUT2D eigenvalue weighted by Gasteiger charge is -2.13. The fourth-order valence-electron chi connectivity index (χ4n) is 2.38. The monoisotopic (exact) mass is 317 g/mol. The van der Waals surface area contributed by atoms with Crippen molar-refractivity contribution < 1.29 is 8.42 Å². The second kappa shape index (κ2) is 6.41. The Morgan fingerprint density at radius 3 is 2.85 bits per heavy atom. The summed E-state index contributed by atoms with van der Waals surface area (Å²) in [7, 11) is -1.45. The van der Waals surface area contributed by atoms with Crippen LogP contribution >= 0.6 is 11.6 Å². The van der Waals surface area contributed by atoms with Crippen molar-refractivity contribution in [2.75, 3.05) is 26.7 Å². The van der Waals surface area contributed by atoms with Gasteiger partial charge in [-0.15, -0.1) is 0 Å². The Morgan fingerprint density at radius 2 is 2.25 bits per heavy atom. The van der Waals surface area contributed by atoms with Crippen LogP contribution in [0.3, 0.4) is 0 Å². The first kappa shape index (κ1) is 15.7. The first-order valence-electron chi connectivity index (χ1n) is 6.59. The molecule has 112 valence electrons. The third-order valence-corrected chi connectivity index (χ3v) is 5.39. The highest BCUT2D eigenvalue weighted by atomic mass is 35.5. The van der Waals surface area contributed by atoms with Crippen molar-refractivity contribution in [3.8, 4) is 0 Å². The summed E-state index contributed by atoms with van der Waals surface area (Å²) in [6.45, 7) is 2.63. The molecule has 0 spiro atoms. The molecule has 1 unspecified atom stereocenters. The van der Waals surface area contributed by atoms with E-state index >= 15 is 0 Å². The Labute approximate surface area is 125 Å². The van der Waals surface area contributed by atoms with E-state index in [1.54, 1.807) is 6.07 Å². The van der Waals surface area contributed by atoms with Gasteiger partial charge in [0.1, 0.15) is 0 Å². The van der Waals surface area contributed by atoms with E-state index in [1.165, 1.54) is 12.1 Å². The second-order valence-corrected chi connectivity index (χ2v) is 7.40. The van der Waals surface area contributed by atoms with Gasteiger partial charge in [-0.2, -0.15) is 0 Å². The van der Waals surface area contributed by atoms with Gasteiger partial charge in [0, 0.05) is 24.7 Å². The number of sulfonamides is 1. The van der Waals surface area contributed by atoms with E-state index in [-0.39, 0.29) is 11.4 Å². The Morgan fingerprint density at radius 1 is 1.50 bits per heavy atom. The van der Waals surface area contributed by atoms with Gasteiger partial charge < -0.3 is 10.6 Å². The van der Waals surface area contributed by atoms with Crippen LogP contribution in [0, 0.1) is 5.92 Å². The summed E-state index contributed by atoms with van der Waals surface area (Å²) in [6, 6.07) is 4.61. The van der Waals surface area contributed by atoms with Crippen molar-refractivity contribution in [2.45, 2.75) is 17.9 Å². The molecule has 1 aliphatic rings. The van der Waals surface area contributed by atoms with E-state index in [0.29, 0.717) is 23.0 Å². The van der Waals surface area contributed by atoms with Crippen molar-refractivity contribution in [3.63, 3.8) is 0 Å². The van der Waals surface area contributed by atoms with Crippen molar-refractivity contribution in [1.29, 1.82) is 0 Å². The van der Waals surface area contributed by atoms with Crippen LogP contribution in [0.5, 0.6) is 0 Å². The standard InChI is InChI=1S/C13H20ClN3O2S/c1-17-5-4-10(9-17)8-16-20(18,19)12-2-3-13(14)11(6-12)7-15/h2-3,6,10,16H,4-5,7-9,15H2,1H3. The Kier molecular flexibility index (Phi) is 5.04. The van der Waals surface area contributed by atoms with Gasteiger partial charge in [-0.3, -0.25) is 0 Å². The summed E-state index contributed by atoms with van der Waals surface area (Å²) in [6.07, 6.45) is 1.02. The predicted molar refractivity (Wildman–Crippen MR) is 80.1 cm³/mol. The Balaban J connectivity index is 2.06. The molecule has 7 heteroatoms. The molecule has 0 radical (unpaired) electrons. The number of hydrogen-bond acceptors (Lipinski definition) is 4. The van der Waals surface area contributed by atoms with E-state index in [1.807, 2.05) is 7.05 Å². The van der Waals surface area contributed by atoms with E-state index in [2.05, 4.69) is 9.62 Å². The molecular formula is C13H20ClN3O2S. The van der Waals surface area contributed by atoms with Crippen LogP contribution in [-0.2, 0) is 16.6 Å². The van der Waals surface area contributed by atoms with Crippen LogP contribution in [0.2, 0.25) is 5.02 Å². The molecule has 5 nitrogen and oxygen atoms in total. The van der Waals surface area contributed by atoms with Crippen LogP contribution < -0.4 is 10.5 Å². The maximum atomic E-state index is 12.2. The number of benzene rings is 1. The van der Waals surface area contributed by atoms with Crippen molar-refractivity contribution >= 4 is 21.6 Å². The first-order chi connectivity index (χ1) is 9.42. The van der Waals surface area contributed by atoms with E-state index in [0.717, 1.165) is 19.5 Å². The van der Waals surface area contributed by atoms with Gasteiger partial charge in [0.25, 0.3) is 0 Å². The van der Waals surface area contributed by atoms with Gasteiger partial charge in [-0.05, 0) is 49.7 Å². The van der Waals surface area contributed by atoms with Crippen LogP contribution in [0.4, 0.5) is 0 Å². The topological polar surface area (TPSA) is 75.4 Å². The molecule has 1 fully saturated rings. The molecule has 1 heterocycles. The maximum absolute atomic E-state index is 12.2. The molecule has 3 N–H and O–H groups in total. The minimum Gasteiger partial charge on any atom is -0.326 e. The number of rotatable bonds is 5. The number of halogens is 1. The van der Waals surface area contributed by atoms with Gasteiger partial charge in [-0.25, -0.2) is 13.1 Å². The summed E-state index contributed by atoms with van der Waals surface area (Å²) < 4.78 is 27.2. The SMILES string of the molecule is CN1CCC(CNS(=O)(=O)c2ccc(Cl)c(CN)c2)C1. The number of nitrogens with zero attached hydrogens (tertiary/aromatic N) is 1. The van der Waals surface area contributed by atoms with Crippen molar-refractivity contribution in [2.24, 2.45) is 11.7 Å². The van der Waals surface area contributed by atoms with Crippen molar-refractivity contribution in [1.82, 2.24) is 9.62 Å². The largest absolute Gasteiger partial charge is 0.326 e. The van der Waals surface area contributed by atoms with E-state index < -0.39 is 10.0 Å². The zero-order valence-corrected chi connectivity index (χ0v) is 13.0. The molecule has 0 amide bonds. The first-order valence-corrected chi connectivity index (χ1v) is 8.45. The van der Waals surface area contributed by atoms with Gasteiger partial charge >= 0.3 is 0 Å². The highest BCUT2D eigenvalue weighted by molar-refractivity contribution is 7.89. The second-order valence-electron chi connectivity index (χ2n) is 5.23. The Hall–Kier alpha value is -0.660. The molecule has 1 atom stereocenters. The third-order valence-electron chi connectivity index (χ3n) is 3.60. The summed E-state index contributed by atoms with van der Waals surface area (Å²) in [5.41, 5.74) is 6.18. The smallest absolute Gasteiger partial charge is 0.240 e. The average Bonchev–Trinajstić information content (AvgIpc) is 2.83. The normalized spacial score (nSPS) is 20.4. The fourth-order valence-corrected chi connectivity index (χ4v) is 3.74. The fraction of sp³-hybridized carbons (Fsp3) is 0.538. The lowest BCUT2D eigenvalue weighted by Crippen LogP contribution is -2.30. The minimum absolute atomic E-state index is 0.216. The van der Waals surface area contributed by atoms with E-state index in [4.69, 9.17) is 17.3 Å². The number of likely N-dealkylation sites (tertiary alicyclic amines) is 1. The van der Waals surface area contributed by atoms with Crippen LogP contribution in [0.15, 0.2) is 23.1 Å². The highest BCUT2D eigenvalue weighted by Crippen LogP contribution is 2.20. The number of nitrogens with one attached hydrogen (secondary N) is 1. The molecule has 1 aromatic rings. The maximum Gasteiger partial charge on any atom is 0.240 e. The average molecular weight is 318 g/mol. The molecule has 2 rings (SSSR count). The van der Waals surface area contributed by atoms with Gasteiger partial charge in [0.15, 0.2) is 0 Å². The summed E-state index contributed by atoms with van der Waals surface area (Å²) in [4.78, 5) is 2.42. The molecule has 20 heavy (non-hydrogen) atoms. The predicted octanol–water partition coefficient (Wildman–Crippen LogP) is 1.03. The number of nitrogens with two attached hydrogens (primary N) is 1. The van der Waals surface area contributed by atoms with Gasteiger partial charge in [0.2, 0.25) is 10.0 Å². The Bertz CT molecular complexity index is 577. The summed E-state index contributed by atoms with van der Waals surface area (Å²) >= 11 is 5.94. The van der Waals surface area contributed by atoms with Crippen LogP contribution in [0.1, 0.15) is 12.0 Å². The molecule has 0 aliphatic carbocycles. The summed E-state index contributed by atoms with van der Waals surface area (Å²) in [5, 5.41) is 0.490. The zero-order valence-electron chi connectivity index (χ0n) is 11.5. The van der Waals surface area contributed by atoms with Gasteiger partial charge in [0.05, 0.1) is 4.90 Å². The lowest BCUT2D eigenvalue weighted by atomic mass is 10.1. The quantitative estimate of drug-likeness (QED) is 0.850. The minimum atomic E-state index is -3.50. The van der Waals surface area contributed by atoms with Gasteiger partial charge in [-0.1, -0.05) is 11.6 Å². The molecular weight excluding hydrogens is 298 g/mol. The highest BCUT2D eigenvalue weighted by Gasteiger charge is 2.22. The summed E-state index contributed by atoms with van der Waals surface area (Å²) in [5.74, 6) is 0.371. The molecule has 0 bridgehead atoms. The van der Waals surface area contributed by atoms with Crippen molar-refractivity contribution in [3.05, 3.63) is 28.8 Å². The number of hydrogen-bond donors (Lipinski definition) is 2. The molecule has 1 aromatic carbocycles. The third kappa shape index (κ3) is 3.71. The molecule has 0 aromatic heterocycles. The molecule has 1 saturated heterocycles. The van der Waals surface area contributed by atoms with E-state index in [9.17, 15) is 8.42 Å². The van der Waals surface area contributed by atoms with Crippen LogP contribution in [-0.4, -0.2) is 40.0 Å². The zero-order chi connectivity index (χ0) is 14.8. The van der Waals surface area contributed by atoms with Crippen LogP contribution in [0.25, 0.3) is 0 Å². The molecule has 1 aliphatic heterocycles. The lowest BCUT2D eigenvalue weighted by molar-refractivity contribution is 0.394. The molecule has 0 saturated carbocycles.